The quantitative estimate of drug-likeness (QED) is 0.491. The number of nitrogens with zero attached hydrogens (tertiary/aromatic N) is 2. The molecule has 2 nitrogen and oxygen atoms in total. The first-order valence-corrected chi connectivity index (χ1v) is 4.48. The zero-order valence-corrected chi connectivity index (χ0v) is 7.75. The van der Waals surface area contributed by atoms with Gasteiger partial charge in [-0.2, -0.15) is 0 Å². The summed E-state index contributed by atoms with van der Waals surface area (Å²) >= 11 is 0. The van der Waals surface area contributed by atoms with Gasteiger partial charge in [0.1, 0.15) is 5.70 Å². The highest BCUT2D eigenvalue weighted by Gasteiger charge is 2.22. The highest BCUT2D eigenvalue weighted by molar-refractivity contribution is 5.57. The van der Waals surface area contributed by atoms with Crippen LogP contribution in [-0.2, 0) is 0 Å². The normalized spacial score (nSPS) is 22.5. The Bertz CT molecular complexity index is 284. The molecular formula is C10H15N2+. The molecule has 2 rings (SSSR count). The van der Waals surface area contributed by atoms with Gasteiger partial charge in [0, 0.05) is 5.57 Å². The average Bonchev–Trinajstić information content (AvgIpc) is 2.04. The van der Waals surface area contributed by atoms with Crippen LogP contribution in [0.3, 0.4) is 0 Å². The Hall–Kier alpha value is -1.05. The minimum absolute atomic E-state index is 1.23. The van der Waals surface area contributed by atoms with Crippen molar-refractivity contribution < 1.29 is 4.58 Å². The average molecular weight is 163 g/mol. The fourth-order valence-corrected chi connectivity index (χ4v) is 1.91. The monoisotopic (exact) mass is 163 g/mol. The van der Waals surface area contributed by atoms with Gasteiger partial charge in [-0.15, -0.1) is 0 Å². The summed E-state index contributed by atoms with van der Waals surface area (Å²) in [7, 11) is 4.19. The lowest BCUT2D eigenvalue weighted by Crippen LogP contribution is -2.27. The van der Waals surface area contributed by atoms with Crippen molar-refractivity contribution in [1.82, 2.24) is 4.90 Å². The Morgan fingerprint density at radius 2 is 2.33 bits per heavy atom. The standard InChI is InChI=1S/C10H15N2/c1-11-7-9-5-3-4-6-10(9)12(2)8-11/h6-8H,3-5H2,1-2H3/q+1. The second-order valence-corrected chi connectivity index (χ2v) is 3.53. The van der Waals surface area contributed by atoms with Crippen LogP contribution in [0.4, 0.5) is 0 Å². The molecule has 0 saturated heterocycles. The zero-order chi connectivity index (χ0) is 8.55. The Morgan fingerprint density at radius 3 is 3.17 bits per heavy atom. The molecule has 0 saturated carbocycles. The molecule has 1 heterocycles. The van der Waals surface area contributed by atoms with Gasteiger partial charge in [-0.1, -0.05) is 0 Å². The van der Waals surface area contributed by atoms with Crippen molar-refractivity contribution in [2.45, 2.75) is 19.3 Å². The summed E-state index contributed by atoms with van der Waals surface area (Å²) in [4.78, 5) is 2.20. The number of hydrogen-bond acceptors (Lipinski definition) is 1. The molecule has 1 aliphatic heterocycles. The second kappa shape index (κ2) is 2.77. The minimum Gasteiger partial charge on any atom is -0.243 e. The SMILES string of the molecule is CN1C=[N+](C)C=C2CCCC=C21. The van der Waals surface area contributed by atoms with Gasteiger partial charge in [-0.05, 0) is 25.3 Å². The highest BCUT2D eigenvalue weighted by Crippen LogP contribution is 2.26. The van der Waals surface area contributed by atoms with E-state index in [1.807, 2.05) is 0 Å². The van der Waals surface area contributed by atoms with E-state index in [4.69, 9.17) is 0 Å². The summed E-state index contributed by atoms with van der Waals surface area (Å²) in [5, 5.41) is 0. The molecule has 0 aromatic carbocycles. The fourth-order valence-electron chi connectivity index (χ4n) is 1.91. The van der Waals surface area contributed by atoms with E-state index in [-0.39, 0.29) is 0 Å². The molecule has 0 aromatic heterocycles. The molecule has 0 amide bonds. The molecule has 0 fully saturated rings. The van der Waals surface area contributed by atoms with Crippen LogP contribution in [0.1, 0.15) is 19.3 Å². The van der Waals surface area contributed by atoms with Crippen molar-refractivity contribution in [2.75, 3.05) is 14.1 Å². The number of allylic oxidation sites excluding steroid dienone is 2. The first-order valence-electron chi connectivity index (χ1n) is 4.48. The molecule has 0 aromatic rings. The molecule has 0 spiro atoms. The van der Waals surface area contributed by atoms with Crippen LogP contribution in [0.2, 0.25) is 0 Å². The lowest BCUT2D eigenvalue weighted by Gasteiger charge is -2.21. The third-order valence-electron chi connectivity index (χ3n) is 2.41. The molecule has 0 unspecified atom stereocenters. The van der Waals surface area contributed by atoms with Gasteiger partial charge < -0.3 is 0 Å². The van der Waals surface area contributed by atoms with Crippen molar-refractivity contribution in [3.8, 4) is 0 Å². The lowest BCUT2D eigenvalue weighted by atomic mass is 9.98. The first-order chi connectivity index (χ1) is 5.77. The predicted octanol–water partition coefficient (Wildman–Crippen LogP) is 1.55. The second-order valence-electron chi connectivity index (χ2n) is 3.53. The van der Waals surface area contributed by atoms with Crippen molar-refractivity contribution in [3.05, 3.63) is 23.5 Å². The minimum atomic E-state index is 1.23. The molecule has 0 bridgehead atoms. The van der Waals surface area contributed by atoms with Crippen molar-refractivity contribution in [1.29, 1.82) is 0 Å². The van der Waals surface area contributed by atoms with Crippen LogP contribution in [0.15, 0.2) is 23.5 Å². The van der Waals surface area contributed by atoms with Crippen molar-refractivity contribution >= 4 is 6.34 Å². The number of likely N-dealkylation sites (N-methyl/N-ethyl adjacent to an activating group) is 1. The predicted molar refractivity (Wildman–Crippen MR) is 50.0 cm³/mol. The van der Waals surface area contributed by atoms with E-state index in [9.17, 15) is 0 Å². The van der Waals surface area contributed by atoms with E-state index in [2.05, 4.69) is 42.2 Å². The van der Waals surface area contributed by atoms with Gasteiger partial charge in [0.25, 0.3) is 0 Å². The maximum Gasteiger partial charge on any atom is 0.243 e. The molecule has 2 aliphatic rings. The summed E-state index contributed by atoms with van der Waals surface area (Å²) in [5.74, 6) is 0. The van der Waals surface area contributed by atoms with Crippen LogP contribution in [0, 0.1) is 0 Å². The van der Waals surface area contributed by atoms with Gasteiger partial charge in [-0.3, -0.25) is 0 Å². The van der Waals surface area contributed by atoms with Crippen LogP contribution >= 0.6 is 0 Å². The molecule has 1 aliphatic carbocycles. The molecule has 64 valence electrons. The van der Waals surface area contributed by atoms with E-state index in [0.717, 1.165) is 0 Å². The molecule has 0 atom stereocenters. The summed E-state index contributed by atoms with van der Waals surface area (Å²) in [6, 6.07) is 0. The fraction of sp³-hybridized carbons (Fsp3) is 0.500. The van der Waals surface area contributed by atoms with Gasteiger partial charge in [0.05, 0.1) is 20.3 Å². The van der Waals surface area contributed by atoms with E-state index in [0.29, 0.717) is 0 Å². The van der Waals surface area contributed by atoms with E-state index in [1.165, 1.54) is 30.5 Å². The number of fused-ring (bicyclic) bond motifs is 1. The van der Waals surface area contributed by atoms with Gasteiger partial charge in [0.15, 0.2) is 0 Å². The zero-order valence-electron chi connectivity index (χ0n) is 7.75. The molecular weight excluding hydrogens is 148 g/mol. The third-order valence-corrected chi connectivity index (χ3v) is 2.41. The maximum absolute atomic E-state index is 2.33. The number of rotatable bonds is 0. The summed E-state index contributed by atoms with van der Waals surface area (Å²) in [6.45, 7) is 0. The van der Waals surface area contributed by atoms with Crippen molar-refractivity contribution in [2.24, 2.45) is 0 Å². The Kier molecular flexibility index (Phi) is 1.75. The van der Waals surface area contributed by atoms with Crippen LogP contribution in [0.25, 0.3) is 0 Å². The summed E-state index contributed by atoms with van der Waals surface area (Å²) < 4.78 is 2.12. The molecule has 0 radical (unpaired) electrons. The Balaban J connectivity index is 2.38. The summed E-state index contributed by atoms with van der Waals surface area (Å²) in [6.07, 6.45) is 10.4. The topological polar surface area (TPSA) is 6.25 Å². The molecule has 2 heteroatoms. The van der Waals surface area contributed by atoms with Gasteiger partial charge >= 0.3 is 0 Å². The molecule has 12 heavy (non-hydrogen) atoms. The van der Waals surface area contributed by atoms with E-state index < -0.39 is 0 Å². The van der Waals surface area contributed by atoms with E-state index >= 15 is 0 Å². The Labute approximate surface area is 73.5 Å². The Morgan fingerprint density at radius 1 is 1.50 bits per heavy atom. The van der Waals surface area contributed by atoms with Crippen LogP contribution < -0.4 is 0 Å². The maximum atomic E-state index is 2.33. The first kappa shape index (κ1) is 7.59. The van der Waals surface area contributed by atoms with Crippen LogP contribution in [-0.4, -0.2) is 29.9 Å². The van der Waals surface area contributed by atoms with Crippen LogP contribution in [0.5, 0.6) is 0 Å². The number of hydrogen-bond donors (Lipinski definition) is 0. The smallest absolute Gasteiger partial charge is 0.243 e. The van der Waals surface area contributed by atoms with Crippen molar-refractivity contribution in [3.63, 3.8) is 0 Å². The lowest BCUT2D eigenvalue weighted by molar-refractivity contribution is -0.424. The van der Waals surface area contributed by atoms with Gasteiger partial charge in [0.2, 0.25) is 6.34 Å². The third kappa shape index (κ3) is 1.17. The highest BCUT2D eigenvalue weighted by atomic mass is 15.2. The molecule has 0 N–H and O–H groups in total. The largest absolute Gasteiger partial charge is 0.243 e. The van der Waals surface area contributed by atoms with Gasteiger partial charge in [-0.25, -0.2) is 9.48 Å². The van der Waals surface area contributed by atoms with E-state index in [1.54, 1.807) is 0 Å². The summed E-state index contributed by atoms with van der Waals surface area (Å²) in [5.41, 5.74) is 2.88.